The van der Waals surface area contributed by atoms with Gasteiger partial charge in [0.05, 0.1) is 0 Å². The summed E-state index contributed by atoms with van der Waals surface area (Å²) in [7, 11) is 8.14. The van der Waals surface area contributed by atoms with E-state index in [0.717, 1.165) is 16.9 Å². The summed E-state index contributed by atoms with van der Waals surface area (Å²) in [6, 6.07) is 23.9. The summed E-state index contributed by atoms with van der Waals surface area (Å²) in [4.78, 5) is 4.17. The Labute approximate surface area is 155 Å². The van der Waals surface area contributed by atoms with E-state index in [4.69, 9.17) is 0 Å². The number of anilines is 2. The molecule has 0 aliphatic carbocycles. The van der Waals surface area contributed by atoms with Crippen LogP contribution in [0.15, 0.2) is 72.8 Å². The SMILES string of the molecule is CN(C)c1ccc(C(c2ccc(F)cc2)c2ccc(N(C)C)cc2)cc1. The molecule has 0 bridgehead atoms. The highest BCUT2D eigenvalue weighted by atomic mass is 19.1. The van der Waals surface area contributed by atoms with Gasteiger partial charge in [-0.05, 0) is 53.1 Å². The Morgan fingerprint density at radius 2 is 0.846 bits per heavy atom. The zero-order valence-electron chi connectivity index (χ0n) is 15.8. The first-order valence-electron chi connectivity index (χ1n) is 8.76. The van der Waals surface area contributed by atoms with Crippen molar-refractivity contribution in [1.82, 2.24) is 0 Å². The van der Waals surface area contributed by atoms with E-state index in [1.165, 1.54) is 23.3 Å². The summed E-state index contributed by atoms with van der Waals surface area (Å²) < 4.78 is 13.4. The van der Waals surface area contributed by atoms with Crippen LogP contribution in [0.3, 0.4) is 0 Å². The van der Waals surface area contributed by atoms with Crippen LogP contribution >= 0.6 is 0 Å². The molecule has 0 saturated heterocycles. The zero-order valence-corrected chi connectivity index (χ0v) is 15.8. The molecule has 3 aromatic rings. The van der Waals surface area contributed by atoms with Crippen molar-refractivity contribution in [3.8, 4) is 0 Å². The Hall–Kier alpha value is -2.81. The smallest absolute Gasteiger partial charge is 0.123 e. The standard InChI is InChI=1S/C23H25FN2/c1-25(2)21-13-7-18(8-14-21)23(17-5-11-20(24)12-6-17)19-9-15-22(16-10-19)26(3)4/h5-16,23H,1-4H3. The van der Waals surface area contributed by atoms with Gasteiger partial charge >= 0.3 is 0 Å². The first-order valence-corrected chi connectivity index (χ1v) is 8.76. The van der Waals surface area contributed by atoms with Gasteiger partial charge in [0.2, 0.25) is 0 Å². The summed E-state index contributed by atoms with van der Waals surface area (Å²) in [5.74, 6) is -0.138. The lowest BCUT2D eigenvalue weighted by molar-refractivity contribution is 0.627. The molecular formula is C23H25FN2. The molecule has 134 valence electrons. The molecule has 3 rings (SSSR count). The first-order chi connectivity index (χ1) is 12.5. The number of nitrogens with zero attached hydrogens (tertiary/aromatic N) is 2. The van der Waals surface area contributed by atoms with E-state index in [1.807, 2.05) is 40.3 Å². The molecule has 0 N–H and O–H groups in total. The van der Waals surface area contributed by atoms with Gasteiger partial charge in [0, 0.05) is 45.5 Å². The highest BCUT2D eigenvalue weighted by molar-refractivity contribution is 5.53. The summed E-state index contributed by atoms with van der Waals surface area (Å²) in [5, 5.41) is 0. The number of hydrogen-bond acceptors (Lipinski definition) is 2. The summed E-state index contributed by atoms with van der Waals surface area (Å²) in [6.07, 6.45) is 0. The van der Waals surface area contributed by atoms with Crippen molar-refractivity contribution in [3.63, 3.8) is 0 Å². The molecule has 0 aliphatic heterocycles. The minimum absolute atomic E-state index is 0.0722. The molecule has 26 heavy (non-hydrogen) atoms. The van der Waals surface area contributed by atoms with E-state index in [0.29, 0.717) is 0 Å². The Kier molecular flexibility index (Phi) is 5.27. The van der Waals surface area contributed by atoms with Gasteiger partial charge in [0.1, 0.15) is 5.82 Å². The van der Waals surface area contributed by atoms with Crippen LogP contribution in [0.5, 0.6) is 0 Å². The molecule has 0 atom stereocenters. The van der Waals surface area contributed by atoms with E-state index in [1.54, 1.807) is 0 Å². The van der Waals surface area contributed by atoms with Gasteiger partial charge in [-0.1, -0.05) is 36.4 Å². The third-order valence-corrected chi connectivity index (χ3v) is 4.69. The van der Waals surface area contributed by atoms with Crippen molar-refractivity contribution in [1.29, 1.82) is 0 Å². The van der Waals surface area contributed by atoms with Crippen LogP contribution in [0.4, 0.5) is 15.8 Å². The van der Waals surface area contributed by atoms with Crippen LogP contribution in [0.2, 0.25) is 0 Å². The van der Waals surface area contributed by atoms with E-state index in [-0.39, 0.29) is 11.7 Å². The third-order valence-electron chi connectivity index (χ3n) is 4.69. The molecule has 0 saturated carbocycles. The fourth-order valence-electron chi connectivity index (χ4n) is 3.16. The second-order valence-corrected chi connectivity index (χ2v) is 6.96. The Balaban J connectivity index is 2.05. The molecule has 0 heterocycles. The maximum absolute atomic E-state index is 13.4. The fourth-order valence-corrected chi connectivity index (χ4v) is 3.16. The number of halogens is 1. The van der Waals surface area contributed by atoms with Gasteiger partial charge in [0.25, 0.3) is 0 Å². The van der Waals surface area contributed by atoms with Gasteiger partial charge in [-0.25, -0.2) is 4.39 Å². The summed E-state index contributed by atoms with van der Waals surface area (Å²) in [5.41, 5.74) is 5.80. The van der Waals surface area contributed by atoms with Crippen LogP contribution in [0.1, 0.15) is 22.6 Å². The fraction of sp³-hybridized carbons (Fsp3) is 0.217. The van der Waals surface area contributed by atoms with Crippen LogP contribution < -0.4 is 9.80 Å². The summed E-state index contributed by atoms with van der Waals surface area (Å²) >= 11 is 0. The third kappa shape index (κ3) is 3.88. The minimum atomic E-state index is -0.210. The second-order valence-electron chi connectivity index (χ2n) is 6.96. The molecular weight excluding hydrogens is 323 g/mol. The van der Waals surface area contributed by atoms with Gasteiger partial charge < -0.3 is 9.80 Å². The first kappa shape index (κ1) is 18.0. The monoisotopic (exact) mass is 348 g/mol. The van der Waals surface area contributed by atoms with E-state index in [2.05, 4.69) is 58.3 Å². The maximum atomic E-state index is 13.4. The van der Waals surface area contributed by atoms with Gasteiger partial charge in [-0.3, -0.25) is 0 Å². The molecule has 0 aliphatic rings. The van der Waals surface area contributed by atoms with Crippen molar-refractivity contribution < 1.29 is 4.39 Å². The van der Waals surface area contributed by atoms with Crippen molar-refractivity contribution in [2.75, 3.05) is 38.0 Å². The number of benzene rings is 3. The molecule has 0 unspecified atom stereocenters. The van der Waals surface area contributed by atoms with Crippen molar-refractivity contribution in [2.45, 2.75) is 5.92 Å². The van der Waals surface area contributed by atoms with Crippen molar-refractivity contribution in [3.05, 3.63) is 95.3 Å². The van der Waals surface area contributed by atoms with Crippen LogP contribution in [-0.4, -0.2) is 28.2 Å². The van der Waals surface area contributed by atoms with Crippen molar-refractivity contribution >= 4 is 11.4 Å². The van der Waals surface area contributed by atoms with Crippen LogP contribution in [-0.2, 0) is 0 Å². The molecule has 3 aromatic carbocycles. The molecule has 0 spiro atoms. The normalized spacial score (nSPS) is 10.8. The Morgan fingerprint density at radius 3 is 1.15 bits per heavy atom. The predicted octanol–water partition coefficient (Wildman–Crippen LogP) is 5.14. The molecule has 0 aromatic heterocycles. The van der Waals surface area contributed by atoms with Crippen molar-refractivity contribution in [2.24, 2.45) is 0 Å². The van der Waals surface area contributed by atoms with Crippen LogP contribution in [0.25, 0.3) is 0 Å². The zero-order chi connectivity index (χ0) is 18.7. The number of hydrogen-bond donors (Lipinski definition) is 0. The maximum Gasteiger partial charge on any atom is 0.123 e. The van der Waals surface area contributed by atoms with E-state index in [9.17, 15) is 4.39 Å². The van der Waals surface area contributed by atoms with E-state index < -0.39 is 0 Å². The van der Waals surface area contributed by atoms with E-state index >= 15 is 0 Å². The molecule has 3 heteroatoms. The molecule has 0 amide bonds. The molecule has 0 radical (unpaired) electrons. The van der Waals surface area contributed by atoms with Crippen LogP contribution in [0, 0.1) is 5.82 Å². The largest absolute Gasteiger partial charge is 0.378 e. The second kappa shape index (κ2) is 7.61. The highest BCUT2D eigenvalue weighted by Gasteiger charge is 2.17. The quantitative estimate of drug-likeness (QED) is 0.589. The average Bonchev–Trinajstić information content (AvgIpc) is 2.64. The Bertz CT molecular complexity index is 783. The predicted molar refractivity (Wildman–Crippen MR) is 109 cm³/mol. The highest BCUT2D eigenvalue weighted by Crippen LogP contribution is 2.33. The molecule has 2 nitrogen and oxygen atoms in total. The van der Waals surface area contributed by atoms with Gasteiger partial charge in [0.15, 0.2) is 0 Å². The lowest BCUT2D eigenvalue weighted by atomic mass is 9.85. The lowest BCUT2D eigenvalue weighted by Gasteiger charge is -2.21. The molecule has 0 fully saturated rings. The lowest BCUT2D eigenvalue weighted by Crippen LogP contribution is -2.10. The average molecular weight is 348 g/mol. The Morgan fingerprint density at radius 1 is 0.538 bits per heavy atom. The minimum Gasteiger partial charge on any atom is -0.378 e. The topological polar surface area (TPSA) is 6.48 Å². The van der Waals surface area contributed by atoms with Gasteiger partial charge in [-0.15, -0.1) is 0 Å². The van der Waals surface area contributed by atoms with Gasteiger partial charge in [-0.2, -0.15) is 0 Å². The summed E-state index contributed by atoms with van der Waals surface area (Å²) in [6.45, 7) is 0. The number of rotatable bonds is 5.